The Morgan fingerprint density at radius 3 is 1.72 bits per heavy atom. The Balaban J connectivity index is 0.000000431. The molecule has 0 spiro atoms. The maximum absolute atomic E-state index is 9.75. The van der Waals surface area contributed by atoms with Crippen LogP contribution in [0.15, 0.2) is 78.9 Å². The summed E-state index contributed by atoms with van der Waals surface area (Å²) >= 11 is 0. The molecule has 0 saturated carbocycles. The molecule has 0 aliphatic heterocycles. The summed E-state index contributed by atoms with van der Waals surface area (Å²) in [5.41, 5.74) is 2.25. The first-order chi connectivity index (χ1) is 13.7. The van der Waals surface area contributed by atoms with Crippen molar-refractivity contribution in [3.8, 4) is 11.5 Å². The van der Waals surface area contributed by atoms with Crippen molar-refractivity contribution in [2.75, 3.05) is 0 Å². The molecule has 150 valence electrons. The van der Waals surface area contributed by atoms with Crippen LogP contribution in [-0.4, -0.2) is 12.4 Å². The Labute approximate surface area is 164 Å². The van der Waals surface area contributed by atoms with E-state index in [0.717, 1.165) is 16.8 Å². The first kappa shape index (κ1) is 20.4. The lowest BCUT2D eigenvalue weighted by Gasteiger charge is -2.14. The number of phenols is 1. The molecule has 1 N–H and O–H groups in total. The fourth-order valence-electron chi connectivity index (χ4n) is 3.12. The lowest BCUT2D eigenvalue weighted by Crippen LogP contribution is -2.42. The smallest absolute Gasteiger partial charge is 0.508 e. The Hall–Kier alpha value is -3.29. The second kappa shape index (κ2) is 8.38. The van der Waals surface area contributed by atoms with E-state index in [1.807, 2.05) is 31.2 Å². The van der Waals surface area contributed by atoms with E-state index >= 15 is 0 Å². The van der Waals surface area contributed by atoms with Gasteiger partial charge in [0.2, 0.25) is 11.0 Å². The SMILES string of the molecule is CC(Oc1ccc(O)cc1)[n+]1c2ccccc2cc2ccccc21.F[B-](F)(F)F. The van der Waals surface area contributed by atoms with Gasteiger partial charge >= 0.3 is 7.25 Å². The van der Waals surface area contributed by atoms with Gasteiger partial charge in [-0.05, 0) is 42.5 Å². The number of para-hydroxylation sites is 2. The van der Waals surface area contributed by atoms with Gasteiger partial charge in [-0.15, -0.1) is 0 Å². The van der Waals surface area contributed by atoms with Gasteiger partial charge in [-0.1, -0.05) is 24.3 Å². The highest BCUT2D eigenvalue weighted by Gasteiger charge is 2.22. The first-order valence-electron chi connectivity index (χ1n) is 8.87. The number of hydrogen-bond donors (Lipinski definition) is 1. The van der Waals surface area contributed by atoms with Crippen molar-refractivity contribution in [2.24, 2.45) is 0 Å². The molecule has 4 aromatic rings. The molecule has 1 atom stereocenters. The molecule has 0 fully saturated rings. The number of rotatable bonds is 3. The van der Waals surface area contributed by atoms with Gasteiger partial charge in [0.05, 0.1) is 0 Å². The van der Waals surface area contributed by atoms with Gasteiger partial charge in [-0.2, -0.15) is 4.57 Å². The van der Waals surface area contributed by atoms with Gasteiger partial charge in [0.15, 0.2) is 0 Å². The first-order valence-corrected chi connectivity index (χ1v) is 8.87. The third-order valence-corrected chi connectivity index (χ3v) is 4.21. The topological polar surface area (TPSA) is 33.3 Å². The lowest BCUT2D eigenvalue weighted by atomic mass is 10.1. The zero-order valence-electron chi connectivity index (χ0n) is 15.5. The molecule has 8 heteroatoms. The van der Waals surface area contributed by atoms with Gasteiger partial charge in [0, 0.05) is 29.8 Å². The maximum atomic E-state index is 9.75. The number of nitrogens with zero attached hydrogens (tertiary/aromatic N) is 1. The number of aromatic hydroxyl groups is 1. The number of ether oxygens (including phenoxy) is 1. The number of benzene rings is 3. The van der Waals surface area contributed by atoms with Crippen molar-refractivity contribution in [3.63, 3.8) is 0 Å². The van der Waals surface area contributed by atoms with Crippen LogP contribution < -0.4 is 9.30 Å². The minimum atomic E-state index is -6.00. The van der Waals surface area contributed by atoms with Gasteiger partial charge in [0.25, 0.3) is 6.23 Å². The number of halogens is 4. The predicted molar refractivity (Wildman–Crippen MR) is 105 cm³/mol. The molecule has 0 radical (unpaired) electrons. The van der Waals surface area contributed by atoms with Crippen molar-refractivity contribution in [2.45, 2.75) is 13.2 Å². The summed E-state index contributed by atoms with van der Waals surface area (Å²) in [5.74, 6) is 0.961. The third-order valence-electron chi connectivity index (χ3n) is 4.21. The van der Waals surface area contributed by atoms with Gasteiger partial charge in [0.1, 0.15) is 11.5 Å². The lowest BCUT2D eigenvalue weighted by molar-refractivity contribution is -0.703. The van der Waals surface area contributed by atoms with E-state index in [0.29, 0.717) is 0 Å². The van der Waals surface area contributed by atoms with Crippen LogP contribution in [0.25, 0.3) is 21.8 Å². The van der Waals surface area contributed by atoms with Gasteiger partial charge < -0.3 is 27.1 Å². The molecule has 4 rings (SSSR count). The molecular weight excluding hydrogens is 385 g/mol. The van der Waals surface area contributed by atoms with E-state index in [1.54, 1.807) is 24.3 Å². The van der Waals surface area contributed by atoms with Crippen LogP contribution in [-0.2, 0) is 0 Å². The number of aromatic nitrogens is 1. The summed E-state index contributed by atoms with van der Waals surface area (Å²) in [5, 5.41) is 11.8. The van der Waals surface area contributed by atoms with Crippen molar-refractivity contribution in [1.29, 1.82) is 0 Å². The molecule has 0 bridgehead atoms. The number of fused-ring (bicyclic) bond motifs is 2. The number of phenolic OH excluding ortho intramolecular Hbond substituents is 1. The summed E-state index contributed by atoms with van der Waals surface area (Å²) in [6.07, 6.45) is -0.189. The minimum absolute atomic E-state index is 0.189. The monoisotopic (exact) mass is 403 g/mol. The van der Waals surface area contributed by atoms with Crippen molar-refractivity contribution >= 4 is 29.1 Å². The van der Waals surface area contributed by atoms with E-state index in [-0.39, 0.29) is 12.0 Å². The molecule has 29 heavy (non-hydrogen) atoms. The van der Waals surface area contributed by atoms with E-state index in [9.17, 15) is 22.4 Å². The van der Waals surface area contributed by atoms with Crippen LogP contribution >= 0.6 is 0 Å². The summed E-state index contributed by atoms with van der Waals surface area (Å²) < 4.78 is 47.3. The average molecular weight is 403 g/mol. The molecule has 1 aromatic heterocycles. The van der Waals surface area contributed by atoms with E-state index < -0.39 is 7.25 Å². The highest BCUT2D eigenvalue weighted by atomic mass is 19.5. The molecular formula is C21H18BF4NO2. The zero-order chi connectivity index (χ0) is 21.0. The molecule has 1 unspecified atom stereocenters. The molecule has 3 aromatic carbocycles. The quantitative estimate of drug-likeness (QED) is 0.201. The molecule has 0 saturated heterocycles. The molecule has 0 aliphatic carbocycles. The van der Waals surface area contributed by atoms with Gasteiger partial charge in [-0.3, -0.25) is 0 Å². The summed E-state index contributed by atoms with van der Waals surface area (Å²) in [6, 6.07) is 25.7. The second-order valence-electron chi connectivity index (χ2n) is 6.34. The summed E-state index contributed by atoms with van der Waals surface area (Å²) in [4.78, 5) is 0. The van der Waals surface area contributed by atoms with Crippen LogP contribution in [0, 0.1) is 0 Å². The fraction of sp³-hybridized carbons (Fsp3) is 0.0952. The molecule has 0 amide bonds. The Morgan fingerprint density at radius 1 is 0.793 bits per heavy atom. The van der Waals surface area contributed by atoms with Gasteiger partial charge in [-0.25, -0.2) is 0 Å². The van der Waals surface area contributed by atoms with Crippen LogP contribution in [0.2, 0.25) is 0 Å². The van der Waals surface area contributed by atoms with Crippen molar-refractivity contribution in [1.82, 2.24) is 0 Å². The maximum Gasteiger partial charge on any atom is 0.673 e. The summed E-state index contributed by atoms with van der Waals surface area (Å²) in [7, 11) is -6.00. The highest BCUT2D eigenvalue weighted by molar-refractivity contribution is 6.50. The number of pyridine rings is 1. The second-order valence-corrected chi connectivity index (χ2v) is 6.34. The van der Waals surface area contributed by atoms with E-state index in [4.69, 9.17) is 4.74 Å². The third kappa shape index (κ3) is 5.37. The zero-order valence-corrected chi connectivity index (χ0v) is 15.5. The Morgan fingerprint density at radius 2 is 1.24 bits per heavy atom. The standard InChI is InChI=1S/C21H17NO2.BF4/c1-15(24-19-12-10-18(23)11-13-19)22-20-8-4-2-6-16(20)14-17-7-3-5-9-21(17)22;2-1(3,4)5/h2-15H,1H3;/q;-1/p+1. The predicted octanol–water partition coefficient (Wildman–Crippen LogP) is 5.88. The fourth-order valence-corrected chi connectivity index (χ4v) is 3.12. The largest absolute Gasteiger partial charge is 0.673 e. The summed E-state index contributed by atoms with van der Waals surface area (Å²) in [6.45, 7) is 2.03. The van der Waals surface area contributed by atoms with Crippen molar-refractivity contribution < 1.29 is 31.7 Å². The van der Waals surface area contributed by atoms with Crippen LogP contribution in [0.4, 0.5) is 17.3 Å². The minimum Gasteiger partial charge on any atom is -0.508 e. The van der Waals surface area contributed by atoms with Crippen LogP contribution in [0.1, 0.15) is 13.2 Å². The van der Waals surface area contributed by atoms with Crippen LogP contribution in [0.3, 0.4) is 0 Å². The Kier molecular flexibility index (Phi) is 5.91. The molecule has 0 aliphatic rings. The number of hydrogen-bond acceptors (Lipinski definition) is 2. The van der Waals surface area contributed by atoms with Crippen molar-refractivity contribution in [3.05, 3.63) is 78.9 Å². The average Bonchev–Trinajstić information content (AvgIpc) is 2.66. The van der Waals surface area contributed by atoms with E-state index in [2.05, 4.69) is 34.9 Å². The Bertz CT molecular complexity index is 1060. The molecule has 1 heterocycles. The molecule has 3 nitrogen and oxygen atoms in total. The normalized spacial score (nSPS) is 12.3. The van der Waals surface area contributed by atoms with Crippen LogP contribution in [0.5, 0.6) is 11.5 Å². The van der Waals surface area contributed by atoms with E-state index in [1.165, 1.54) is 10.8 Å². The highest BCUT2D eigenvalue weighted by Crippen LogP contribution is 2.23.